The average molecular weight is 208 g/mol. The zero-order chi connectivity index (χ0) is 10.7. The van der Waals surface area contributed by atoms with Crippen molar-refractivity contribution < 1.29 is 0 Å². The molecule has 0 bridgehead atoms. The summed E-state index contributed by atoms with van der Waals surface area (Å²) in [4.78, 5) is 0. The fourth-order valence-corrected chi connectivity index (χ4v) is 2.33. The summed E-state index contributed by atoms with van der Waals surface area (Å²) >= 11 is 0. The molecule has 84 valence electrons. The number of hydrogen-bond acceptors (Lipinski definition) is 3. The van der Waals surface area contributed by atoms with Crippen LogP contribution in [0.25, 0.3) is 0 Å². The summed E-state index contributed by atoms with van der Waals surface area (Å²) in [5, 5.41) is 11.9. The van der Waals surface area contributed by atoms with Gasteiger partial charge in [0.1, 0.15) is 6.33 Å². The largest absolute Gasteiger partial charge is 0.316 e. The maximum atomic E-state index is 4.28. The number of nitrogens with one attached hydrogen (secondary N) is 1. The molecule has 0 saturated carbocycles. The van der Waals surface area contributed by atoms with Gasteiger partial charge in [-0.2, -0.15) is 0 Å². The maximum Gasteiger partial charge on any atom is 0.152 e. The number of aromatic nitrogens is 3. The van der Waals surface area contributed by atoms with Crippen LogP contribution in [0.2, 0.25) is 0 Å². The van der Waals surface area contributed by atoms with Crippen LogP contribution in [0, 0.1) is 0 Å². The van der Waals surface area contributed by atoms with E-state index < -0.39 is 0 Å². The third kappa shape index (κ3) is 2.04. The quantitative estimate of drug-likeness (QED) is 0.821. The molecule has 2 rings (SSSR count). The number of aryl methyl sites for hydroxylation is 1. The average Bonchev–Trinajstić information content (AvgIpc) is 2.68. The monoisotopic (exact) mass is 208 g/mol. The Balaban J connectivity index is 2.22. The molecule has 1 aliphatic heterocycles. The first-order chi connectivity index (χ1) is 7.26. The molecule has 1 aliphatic rings. The Bertz CT molecular complexity index is 312. The molecule has 1 aromatic heterocycles. The van der Waals surface area contributed by atoms with E-state index in [4.69, 9.17) is 0 Å². The van der Waals surface area contributed by atoms with E-state index in [0.29, 0.717) is 0 Å². The Hall–Kier alpha value is -0.900. The number of hydrogen-bond donors (Lipinski definition) is 1. The molecule has 0 radical (unpaired) electrons. The zero-order valence-corrected chi connectivity index (χ0v) is 9.66. The molecule has 1 atom stereocenters. The molecule has 1 aromatic rings. The van der Waals surface area contributed by atoms with E-state index in [1.54, 1.807) is 0 Å². The fourth-order valence-electron chi connectivity index (χ4n) is 2.33. The maximum absolute atomic E-state index is 4.28. The fraction of sp³-hybridized carbons (Fsp3) is 0.818. The van der Waals surface area contributed by atoms with Crippen LogP contribution >= 0.6 is 0 Å². The highest BCUT2D eigenvalue weighted by molar-refractivity contribution is 5.05. The minimum atomic E-state index is 0.0317. The summed E-state index contributed by atoms with van der Waals surface area (Å²) in [7, 11) is 0. The number of rotatable bonds is 3. The lowest BCUT2D eigenvalue weighted by molar-refractivity contribution is 0.259. The van der Waals surface area contributed by atoms with Crippen molar-refractivity contribution in [3.63, 3.8) is 0 Å². The second-order valence-corrected chi connectivity index (χ2v) is 4.56. The van der Waals surface area contributed by atoms with Gasteiger partial charge in [-0.25, -0.2) is 0 Å². The van der Waals surface area contributed by atoms with Gasteiger partial charge in [-0.3, -0.25) is 0 Å². The van der Waals surface area contributed by atoms with Crippen LogP contribution in [0.5, 0.6) is 0 Å². The molecule has 1 saturated heterocycles. The highest BCUT2D eigenvalue weighted by atomic mass is 15.3. The van der Waals surface area contributed by atoms with Gasteiger partial charge in [0.05, 0.1) is 5.54 Å². The molecule has 0 aromatic carbocycles. The van der Waals surface area contributed by atoms with Crippen LogP contribution in [-0.2, 0) is 12.1 Å². The molecule has 15 heavy (non-hydrogen) atoms. The lowest BCUT2D eigenvalue weighted by Crippen LogP contribution is -2.45. The van der Waals surface area contributed by atoms with Crippen molar-refractivity contribution in [2.75, 3.05) is 6.54 Å². The molecule has 0 aliphatic carbocycles. The van der Waals surface area contributed by atoms with Crippen molar-refractivity contribution >= 4 is 0 Å². The Labute approximate surface area is 91.1 Å². The Kier molecular flexibility index (Phi) is 3.05. The van der Waals surface area contributed by atoms with Crippen LogP contribution in [0.1, 0.15) is 45.4 Å². The first-order valence-corrected chi connectivity index (χ1v) is 5.89. The summed E-state index contributed by atoms with van der Waals surface area (Å²) in [5.74, 6) is 1.10. The SMILES string of the molecule is CCCn1cnnc1C1(C)CCCCN1. The van der Waals surface area contributed by atoms with E-state index in [9.17, 15) is 0 Å². The lowest BCUT2D eigenvalue weighted by Gasteiger charge is -2.34. The molecule has 1 unspecified atom stereocenters. The van der Waals surface area contributed by atoms with Gasteiger partial charge in [0.2, 0.25) is 0 Å². The number of piperidine rings is 1. The normalized spacial score (nSPS) is 26.8. The van der Waals surface area contributed by atoms with Crippen LogP contribution in [0.3, 0.4) is 0 Å². The van der Waals surface area contributed by atoms with Gasteiger partial charge < -0.3 is 9.88 Å². The van der Waals surface area contributed by atoms with Crippen LogP contribution in [0.4, 0.5) is 0 Å². The smallest absolute Gasteiger partial charge is 0.152 e. The van der Waals surface area contributed by atoms with Crippen molar-refractivity contribution in [3.8, 4) is 0 Å². The minimum Gasteiger partial charge on any atom is -0.316 e. The Morgan fingerprint density at radius 1 is 1.53 bits per heavy atom. The summed E-state index contributed by atoms with van der Waals surface area (Å²) in [6.07, 6.45) is 6.69. The van der Waals surface area contributed by atoms with Crippen LogP contribution < -0.4 is 5.32 Å². The van der Waals surface area contributed by atoms with Gasteiger partial charge >= 0.3 is 0 Å². The first-order valence-electron chi connectivity index (χ1n) is 5.89. The Morgan fingerprint density at radius 2 is 2.40 bits per heavy atom. The summed E-state index contributed by atoms with van der Waals surface area (Å²) in [5.41, 5.74) is 0.0317. The van der Waals surface area contributed by atoms with E-state index >= 15 is 0 Å². The Morgan fingerprint density at radius 3 is 3.07 bits per heavy atom. The highest BCUT2D eigenvalue weighted by Crippen LogP contribution is 2.28. The van der Waals surface area contributed by atoms with Crippen molar-refractivity contribution in [3.05, 3.63) is 12.2 Å². The van der Waals surface area contributed by atoms with Crippen molar-refractivity contribution in [2.45, 2.75) is 51.6 Å². The second-order valence-electron chi connectivity index (χ2n) is 4.56. The third-order valence-electron chi connectivity index (χ3n) is 3.19. The molecule has 4 nitrogen and oxygen atoms in total. The molecule has 4 heteroatoms. The molecular formula is C11H20N4. The van der Waals surface area contributed by atoms with Gasteiger partial charge in [0.15, 0.2) is 5.82 Å². The highest BCUT2D eigenvalue weighted by Gasteiger charge is 2.32. The summed E-state index contributed by atoms with van der Waals surface area (Å²) < 4.78 is 2.18. The molecule has 1 N–H and O–H groups in total. The zero-order valence-electron chi connectivity index (χ0n) is 9.66. The predicted molar refractivity (Wildman–Crippen MR) is 59.5 cm³/mol. The van der Waals surface area contributed by atoms with E-state index in [2.05, 4.69) is 33.9 Å². The standard InChI is InChI=1S/C11H20N4/c1-3-8-15-9-13-14-10(15)11(2)6-4-5-7-12-11/h9,12H,3-8H2,1-2H3. The van der Waals surface area contributed by atoms with Crippen molar-refractivity contribution in [2.24, 2.45) is 0 Å². The van der Waals surface area contributed by atoms with E-state index in [0.717, 1.165) is 31.8 Å². The van der Waals surface area contributed by atoms with Gasteiger partial charge in [-0.05, 0) is 39.2 Å². The molecule has 2 heterocycles. The molecule has 0 spiro atoms. The third-order valence-corrected chi connectivity index (χ3v) is 3.19. The van der Waals surface area contributed by atoms with Crippen LogP contribution in [0.15, 0.2) is 6.33 Å². The topological polar surface area (TPSA) is 42.7 Å². The van der Waals surface area contributed by atoms with Gasteiger partial charge in [-0.15, -0.1) is 10.2 Å². The number of nitrogens with zero attached hydrogens (tertiary/aromatic N) is 3. The predicted octanol–water partition coefficient (Wildman–Crippen LogP) is 1.68. The van der Waals surface area contributed by atoms with Crippen molar-refractivity contribution in [1.29, 1.82) is 0 Å². The van der Waals surface area contributed by atoms with Crippen LogP contribution in [-0.4, -0.2) is 21.3 Å². The lowest BCUT2D eigenvalue weighted by atomic mass is 9.90. The first kappa shape index (κ1) is 10.6. The second kappa shape index (κ2) is 4.31. The minimum absolute atomic E-state index is 0.0317. The van der Waals surface area contributed by atoms with E-state index in [-0.39, 0.29) is 5.54 Å². The molecule has 1 fully saturated rings. The van der Waals surface area contributed by atoms with Gasteiger partial charge in [-0.1, -0.05) is 6.92 Å². The molecular weight excluding hydrogens is 188 g/mol. The molecule has 0 amide bonds. The van der Waals surface area contributed by atoms with Gasteiger partial charge in [0.25, 0.3) is 0 Å². The van der Waals surface area contributed by atoms with Gasteiger partial charge in [0, 0.05) is 6.54 Å². The van der Waals surface area contributed by atoms with E-state index in [1.165, 1.54) is 12.8 Å². The summed E-state index contributed by atoms with van der Waals surface area (Å²) in [6.45, 7) is 6.53. The van der Waals surface area contributed by atoms with Crippen molar-refractivity contribution in [1.82, 2.24) is 20.1 Å². The summed E-state index contributed by atoms with van der Waals surface area (Å²) in [6, 6.07) is 0. The van der Waals surface area contributed by atoms with E-state index in [1.807, 2.05) is 6.33 Å².